The lowest BCUT2D eigenvalue weighted by Crippen LogP contribution is -2.48. The molecule has 0 spiro atoms. The van der Waals surface area contributed by atoms with Crippen molar-refractivity contribution in [3.63, 3.8) is 0 Å². The molecule has 0 aromatic heterocycles. The fourth-order valence-corrected chi connectivity index (χ4v) is 2.16. The number of aliphatic hydroxyl groups is 1. The number of hydroxylamine groups is 2. The van der Waals surface area contributed by atoms with Crippen LogP contribution in [0.5, 0.6) is 0 Å². The van der Waals surface area contributed by atoms with Crippen LogP contribution in [0.1, 0.15) is 32.8 Å². The molecule has 2 amide bonds. The van der Waals surface area contributed by atoms with Crippen LogP contribution >= 0.6 is 0 Å². The van der Waals surface area contributed by atoms with E-state index < -0.39 is 23.8 Å². The van der Waals surface area contributed by atoms with Gasteiger partial charge in [0.15, 0.2) is 0 Å². The van der Waals surface area contributed by atoms with Gasteiger partial charge in [-0.3, -0.25) is 9.63 Å². The fourth-order valence-electron chi connectivity index (χ4n) is 2.16. The fraction of sp³-hybridized carbons (Fsp3) is 0.556. The Bertz CT molecular complexity index is 556. The number of ether oxygens (including phenoxy) is 1. The molecule has 1 aromatic rings. The van der Waals surface area contributed by atoms with Crippen LogP contribution in [0, 0.1) is 0 Å². The molecular formula is C18H28N2O5. The van der Waals surface area contributed by atoms with Gasteiger partial charge in [-0.2, -0.15) is 0 Å². The van der Waals surface area contributed by atoms with Crippen LogP contribution in [-0.4, -0.2) is 54.1 Å². The van der Waals surface area contributed by atoms with E-state index in [1.807, 2.05) is 30.3 Å². The van der Waals surface area contributed by atoms with Gasteiger partial charge < -0.3 is 15.2 Å². The minimum Gasteiger partial charge on any atom is -0.444 e. The number of aliphatic hydroxyl groups excluding tert-OH is 1. The summed E-state index contributed by atoms with van der Waals surface area (Å²) in [5.74, 6) is -0.390. The molecule has 0 aliphatic carbocycles. The first-order chi connectivity index (χ1) is 11.6. The summed E-state index contributed by atoms with van der Waals surface area (Å²) in [6.45, 7) is 5.27. The largest absolute Gasteiger partial charge is 0.444 e. The highest BCUT2D eigenvalue weighted by molar-refractivity contribution is 5.75. The van der Waals surface area contributed by atoms with Gasteiger partial charge in [-0.05, 0) is 32.8 Å². The lowest BCUT2D eigenvalue weighted by atomic mass is 9.99. The molecule has 1 aromatic carbocycles. The molecule has 0 heterocycles. The molecule has 25 heavy (non-hydrogen) atoms. The third-order valence-corrected chi connectivity index (χ3v) is 3.47. The molecule has 1 rings (SSSR count). The number of nitrogens with zero attached hydrogens (tertiary/aromatic N) is 1. The molecule has 0 radical (unpaired) electrons. The number of carbonyl (C=O) groups excluding carboxylic acids is 2. The summed E-state index contributed by atoms with van der Waals surface area (Å²) in [6, 6.07) is 8.73. The van der Waals surface area contributed by atoms with E-state index in [9.17, 15) is 14.7 Å². The van der Waals surface area contributed by atoms with Gasteiger partial charge in [-0.1, -0.05) is 30.3 Å². The SMILES string of the molecule is CON(C)C(=O)C[C@H](O)[C@@H](Cc1ccccc1)NC(=O)OC(C)(C)C. The Kier molecular flexibility index (Phi) is 7.86. The maximum atomic E-state index is 12.1. The van der Waals surface area contributed by atoms with Gasteiger partial charge >= 0.3 is 6.09 Å². The zero-order chi connectivity index (χ0) is 19.0. The minimum atomic E-state index is -1.09. The first-order valence-electron chi connectivity index (χ1n) is 8.14. The molecule has 2 atom stereocenters. The van der Waals surface area contributed by atoms with Gasteiger partial charge in [0.25, 0.3) is 0 Å². The lowest BCUT2D eigenvalue weighted by molar-refractivity contribution is -0.171. The van der Waals surface area contributed by atoms with Crippen molar-refractivity contribution in [3.05, 3.63) is 35.9 Å². The van der Waals surface area contributed by atoms with E-state index in [0.717, 1.165) is 10.6 Å². The molecule has 0 fully saturated rings. The third-order valence-electron chi connectivity index (χ3n) is 3.47. The molecule has 7 heteroatoms. The average molecular weight is 352 g/mol. The van der Waals surface area contributed by atoms with Crippen LogP contribution in [0.25, 0.3) is 0 Å². The van der Waals surface area contributed by atoms with Crippen molar-refractivity contribution in [2.45, 2.75) is 51.4 Å². The van der Waals surface area contributed by atoms with Gasteiger partial charge in [0, 0.05) is 7.05 Å². The number of nitrogens with one attached hydrogen (secondary N) is 1. The number of benzene rings is 1. The number of hydrogen-bond donors (Lipinski definition) is 2. The van der Waals surface area contributed by atoms with Gasteiger partial charge in [-0.15, -0.1) is 0 Å². The smallest absolute Gasteiger partial charge is 0.407 e. The van der Waals surface area contributed by atoms with Crippen molar-refractivity contribution in [1.29, 1.82) is 0 Å². The normalized spacial score (nSPS) is 13.7. The second-order valence-electron chi connectivity index (χ2n) is 6.79. The van der Waals surface area contributed by atoms with Crippen molar-refractivity contribution in [1.82, 2.24) is 10.4 Å². The number of amides is 2. The molecule has 0 saturated carbocycles. The molecule has 0 bridgehead atoms. The van der Waals surface area contributed by atoms with Crippen molar-refractivity contribution in [2.24, 2.45) is 0 Å². The summed E-state index contributed by atoms with van der Waals surface area (Å²) in [4.78, 5) is 28.8. The molecule has 140 valence electrons. The number of rotatable bonds is 7. The first kappa shape index (κ1) is 20.9. The second kappa shape index (κ2) is 9.39. The van der Waals surface area contributed by atoms with Gasteiger partial charge in [0.05, 0.1) is 25.7 Å². The summed E-state index contributed by atoms with van der Waals surface area (Å²) in [5, 5.41) is 14.2. The number of carbonyl (C=O) groups is 2. The van der Waals surface area contributed by atoms with Crippen LogP contribution in [0.4, 0.5) is 4.79 Å². The van der Waals surface area contributed by atoms with Crippen molar-refractivity contribution >= 4 is 12.0 Å². The van der Waals surface area contributed by atoms with Crippen LogP contribution in [-0.2, 0) is 20.8 Å². The Balaban J connectivity index is 2.82. The highest BCUT2D eigenvalue weighted by Gasteiger charge is 2.27. The van der Waals surface area contributed by atoms with E-state index >= 15 is 0 Å². The highest BCUT2D eigenvalue weighted by Crippen LogP contribution is 2.12. The van der Waals surface area contributed by atoms with E-state index in [-0.39, 0.29) is 12.3 Å². The van der Waals surface area contributed by atoms with Gasteiger partial charge in [0.2, 0.25) is 5.91 Å². The number of alkyl carbamates (subject to hydrolysis) is 1. The zero-order valence-corrected chi connectivity index (χ0v) is 15.5. The quantitative estimate of drug-likeness (QED) is 0.732. The lowest BCUT2D eigenvalue weighted by Gasteiger charge is -2.27. The van der Waals surface area contributed by atoms with Crippen LogP contribution < -0.4 is 5.32 Å². The molecular weight excluding hydrogens is 324 g/mol. The minimum absolute atomic E-state index is 0.183. The summed E-state index contributed by atoms with van der Waals surface area (Å²) in [7, 11) is 2.83. The summed E-state index contributed by atoms with van der Waals surface area (Å²) in [5.41, 5.74) is 0.272. The van der Waals surface area contributed by atoms with Crippen molar-refractivity contribution in [2.75, 3.05) is 14.2 Å². The molecule has 0 unspecified atom stereocenters. The number of hydrogen-bond acceptors (Lipinski definition) is 5. The van der Waals surface area contributed by atoms with E-state index in [4.69, 9.17) is 9.57 Å². The molecule has 0 saturated heterocycles. The first-order valence-corrected chi connectivity index (χ1v) is 8.14. The highest BCUT2D eigenvalue weighted by atomic mass is 16.7. The van der Waals surface area contributed by atoms with Crippen LogP contribution in [0.15, 0.2) is 30.3 Å². The monoisotopic (exact) mass is 352 g/mol. The Labute approximate surface area is 148 Å². The van der Waals surface area contributed by atoms with E-state index in [0.29, 0.717) is 6.42 Å². The zero-order valence-electron chi connectivity index (χ0n) is 15.5. The molecule has 0 aliphatic heterocycles. The maximum Gasteiger partial charge on any atom is 0.407 e. The predicted molar refractivity (Wildman–Crippen MR) is 93.7 cm³/mol. The summed E-state index contributed by atoms with van der Waals surface area (Å²) >= 11 is 0. The Morgan fingerprint density at radius 3 is 2.36 bits per heavy atom. The Hall–Kier alpha value is -2.12. The molecule has 0 aliphatic rings. The Morgan fingerprint density at radius 2 is 1.84 bits per heavy atom. The predicted octanol–water partition coefficient (Wildman–Crippen LogP) is 1.89. The van der Waals surface area contributed by atoms with Gasteiger partial charge in [-0.25, -0.2) is 9.86 Å². The van der Waals surface area contributed by atoms with Crippen LogP contribution in [0.3, 0.4) is 0 Å². The molecule has 7 nitrogen and oxygen atoms in total. The average Bonchev–Trinajstić information content (AvgIpc) is 2.52. The van der Waals surface area contributed by atoms with Crippen molar-refractivity contribution < 1.29 is 24.3 Å². The van der Waals surface area contributed by atoms with Crippen LogP contribution in [0.2, 0.25) is 0 Å². The summed E-state index contributed by atoms with van der Waals surface area (Å²) < 4.78 is 5.25. The van der Waals surface area contributed by atoms with Crippen molar-refractivity contribution in [3.8, 4) is 0 Å². The summed E-state index contributed by atoms with van der Waals surface area (Å²) in [6.07, 6.45) is -1.54. The second-order valence-corrected chi connectivity index (χ2v) is 6.79. The van der Waals surface area contributed by atoms with E-state index in [1.165, 1.54) is 14.2 Å². The Morgan fingerprint density at radius 1 is 1.24 bits per heavy atom. The van der Waals surface area contributed by atoms with Gasteiger partial charge in [0.1, 0.15) is 5.60 Å². The third kappa shape index (κ3) is 8.00. The maximum absolute atomic E-state index is 12.1. The van der Waals surface area contributed by atoms with E-state index in [1.54, 1.807) is 20.8 Å². The standard InChI is InChI=1S/C18H28N2O5/c1-18(2,3)25-17(23)19-14(11-13-9-7-6-8-10-13)15(21)12-16(22)20(4)24-5/h6-10,14-15,21H,11-12H2,1-5H3,(H,19,23)/t14-,15+/m1/s1. The topological polar surface area (TPSA) is 88.1 Å². The molecule has 2 N–H and O–H groups in total. The van der Waals surface area contributed by atoms with E-state index in [2.05, 4.69) is 5.32 Å².